The molecule has 20 heteroatoms. The van der Waals surface area contributed by atoms with Crippen molar-refractivity contribution in [2.45, 2.75) is 43.9 Å². The van der Waals surface area contributed by atoms with E-state index in [0.717, 1.165) is 20.5 Å². The van der Waals surface area contributed by atoms with Gasteiger partial charge in [-0.25, -0.2) is 9.78 Å². The van der Waals surface area contributed by atoms with Crippen molar-refractivity contribution in [2.75, 3.05) is 52.2 Å². The maximum absolute atomic E-state index is 13.0. The van der Waals surface area contributed by atoms with E-state index in [1.807, 2.05) is 0 Å². The number of carbonyl (C=O) groups excluding carboxylic acids is 2. The first kappa shape index (κ1) is 31.3. The van der Waals surface area contributed by atoms with Crippen molar-refractivity contribution in [3.05, 3.63) is 11.6 Å². The highest BCUT2D eigenvalue weighted by atomic mass is 35.5. The molecule has 0 aromatic carbocycles. The molecule has 2 aromatic heterocycles. The predicted molar refractivity (Wildman–Crippen MR) is 135 cm³/mol. The summed E-state index contributed by atoms with van der Waals surface area (Å²) >= 11 is 6.15. The SMILES string of the molecule is COC(=O)OCOP(=O)(COC[C@H]1O[C@@H](n2cnc3c(N[C@H]4CCOC4)nc(Cl)nc32)[C@H](O)[C@@H]1O)OCOC(C)=O. The Bertz CT molecular complexity index is 1260. The van der Waals surface area contributed by atoms with Crippen molar-refractivity contribution in [3.8, 4) is 0 Å². The third kappa shape index (κ3) is 8.00. The molecule has 2 aliphatic heterocycles. The normalized spacial score (nSPS) is 25.6. The summed E-state index contributed by atoms with van der Waals surface area (Å²) in [5.41, 5.74) is 0.607. The minimum Gasteiger partial charge on any atom is -0.438 e. The van der Waals surface area contributed by atoms with Crippen LogP contribution in [-0.2, 0) is 46.8 Å². The number of fused-ring (bicyclic) bond motifs is 1. The first-order chi connectivity index (χ1) is 19.6. The molecule has 228 valence electrons. The van der Waals surface area contributed by atoms with Crippen LogP contribution in [-0.4, -0.2) is 113 Å². The van der Waals surface area contributed by atoms with Crippen LogP contribution in [0.5, 0.6) is 0 Å². The van der Waals surface area contributed by atoms with E-state index >= 15 is 0 Å². The summed E-state index contributed by atoms with van der Waals surface area (Å²) in [5, 5.41) is 24.5. The topological polar surface area (TPSA) is 221 Å². The van der Waals surface area contributed by atoms with Gasteiger partial charge < -0.3 is 44.0 Å². The van der Waals surface area contributed by atoms with E-state index in [-0.39, 0.29) is 23.6 Å². The Morgan fingerprint density at radius 2 is 1.98 bits per heavy atom. The molecular weight excluding hydrogens is 597 g/mol. The van der Waals surface area contributed by atoms with E-state index < -0.39 is 64.2 Å². The van der Waals surface area contributed by atoms with Gasteiger partial charge >= 0.3 is 19.7 Å². The van der Waals surface area contributed by atoms with Crippen LogP contribution in [0.15, 0.2) is 6.33 Å². The molecule has 6 atom stereocenters. The first-order valence-corrected chi connectivity index (χ1v) is 14.3. The van der Waals surface area contributed by atoms with E-state index in [2.05, 4.69) is 34.5 Å². The number of imidazole rings is 1. The molecule has 0 amide bonds. The monoisotopic (exact) mass is 625 g/mol. The van der Waals surface area contributed by atoms with Crippen LogP contribution in [0.25, 0.3) is 11.2 Å². The van der Waals surface area contributed by atoms with Gasteiger partial charge in [-0.2, -0.15) is 9.97 Å². The first-order valence-electron chi connectivity index (χ1n) is 12.2. The Kier molecular flexibility index (Phi) is 10.7. The van der Waals surface area contributed by atoms with Gasteiger partial charge in [0.2, 0.25) is 18.9 Å². The zero-order chi connectivity index (χ0) is 29.6. The molecule has 0 bridgehead atoms. The van der Waals surface area contributed by atoms with Crippen molar-refractivity contribution < 1.29 is 61.8 Å². The smallest absolute Gasteiger partial charge is 0.438 e. The molecule has 2 aliphatic rings. The molecule has 0 saturated carbocycles. The van der Waals surface area contributed by atoms with Gasteiger partial charge in [-0.05, 0) is 18.0 Å². The third-order valence-electron chi connectivity index (χ3n) is 5.91. The summed E-state index contributed by atoms with van der Waals surface area (Å²) in [7, 11) is -3.09. The fraction of sp³-hybridized carbons (Fsp3) is 0.667. The van der Waals surface area contributed by atoms with Crippen LogP contribution in [0.2, 0.25) is 5.28 Å². The lowest BCUT2D eigenvalue weighted by atomic mass is 10.1. The van der Waals surface area contributed by atoms with Crippen molar-refractivity contribution >= 4 is 48.3 Å². The maximum Gasteiger partial charge on any atom is 0.510 e. The Morgan fingerprint density at radius 3 is 2.66 bits per heavy atom. The number of esters is 1. The summed E-state index contributed by atoms with van der Waals surface area (Å²) in [6.45, 7) is 0.275. The van der Waals surface area contributed by atoms with Crippen LogP contribution in [0.3, 0.4) is 0 Å². The fourth-order valence-corrected chi connectivity index (χ4v) is 5.05. The Balaban J connectivity index is 1.40. The number of aromatic nitrogens is 4. The number of methoxy groups -OCH3 is 1. The van der Waals surface area contributed by atoms with Gasteiger partial charge in [0.1, 0.15) is 24.7 Å². The Hall–Kier alpha value is -2.67. The molecule has 4 rings (SSSR count). The van der Waals surface area contributed by atoms with E-state index in [1.54, 1.807) is 0 Å². The highest BCUT2D eigenvalue weighted by Gasteiger charge is 2.45. The van der Waals surface area contributed by atoms with Gasteiger partial charge in [-0.1, -0.05) is 0 Å². The number of aliphatic hydroxyl groups is 2. The molecule has 41 heavy (non-hydrogen) atoms. The van der Waals surface area contributed by atoms with Crippen molar-refractivity contribution in [1.82, 2.24) is 19.5 Å². The summed E-state index contributed by atoms with van der Waals surface area (Å²) in [4.78, 5) is 34.9. The Labute approximate surface area is 237 Å². The summed E-state index contributed by atoms with van der Waals surface area (Å²) in [6.07, 6.45) is -4.81. The third-order valence-corrected chi connectivity index (χ3v) is 7.58. The van der Waals surface area contributed by atoms with E-state index in [0.29, 0.717) is 24.5 Å². The molecule has 0 radical (unpaired) electrons. The number of halogens is 1. The molecular formula is C21H29ClN5O13P. The van der Waals surface area contributed by atoms with Gasteiger partial charge in [0.05, 0.1) is 32.7 Å². The molecule has 3 N–H and O–H groups in total. The molecule has 1 unspecified atom stereocenters. The van der Waals surface area contributed by atoms with Crippen LogP contribution in [0.1, 0.15) is 19.6 Å². The lowest BCUT2D eigenvalue weighted by Crippen LogP contribution is -2.34. The van der Waals surface area contributed by atoms with Crippen molar-refractivity contribution in [3.63, 3.8) is 0 Å². The van der Waals surface area contributed by atoms with Gasteiger partial charge in [-0.15, -0.1) is 0 Å². The number of nitrogens with zero attached hydrogens (tertiary/aromatic N) is 4. The second-order valence-electron chi connectivity index (χ2n) is 8.76. The van der Waals surface area contributed by atoms with Crippen LogP contribution in [0, 0.1) is 0 Å². The number of hydrogen-bond acceptors (Lipinski definition) is 17. The summed E-state index contributed by atoms with van der Waals surface area (Å²) in [5.74, 6) is -0.331. The number of rotatable bonds is 13. The predicted octanol–water partition coefficient (Wildman–Crippen LogP) is 0.761. The van der Waals surface area contributed by atoms with Crippen LogP contribution >= 0.6 is 19.2 Å². The highest BCUT2D eigenvalue weighted by Crippen LogP contribution is 2.48. The minimum atomic E-state index is -4.15. The number of nitrogens with one attached hydrogen (secondary N) is 1. The summed E-state index contributed by atoms with van der Waals surface area (Å²) < 4.78 is 54.4. The van der Waals surface area contributed by atoms with Gasteiger partial charge in [0.15, 0.2) is 23.2 Å². The van der Waals surface area contributed by atoms with Gasteiger partial charge in [-0.3, -0.25) is 23.0 Å². The lowest BCUT2D eigenvalue weighted by molar-refractivity contribution is -0.148. The average Bonchev–Trinajstić information content (AvgIpc) is 3.65. The number of anilines is 1. The zero-order valence-electron chi connectivity index (χ0n) is 21.9. The molecule has 2 saturated heterocycles. The molecule has 18 nitrogen and oxygen atoms in total. The quantitative estimate of drug-likeness (QED) is 0.121. The number of carbonyl (C=O) groups is 2. The van der Waals surface area contributed by atoms with Crippen LogP contribution < -0.4 is 5.32 Å². The second-order valence-corrected chi connectivity index (χ2v) is 11.1. The molecule has 4 heterocycles. The largest absolute Gasteiger partial charge is 0.510 e. The van der Waals surface area contributed by atoms with Gasteiger partial charge in [0, 0.05) is 13.5 Å². The van der Waals surface area contributed by atoms with Crippen LogP contribution in [0.4, 0.5) is 10.6 Å². The number of hydrogen-bond donors (Lipinski definition) is 3. The van der Waals surface area contributed by atoms with E-state index in [4.69, 9.17) is 34.9 Å². The molecule has 2 fully saturated rings. The van der Waals surface area contributed by atoms with Gasteiger partial charge in [0.25, 0.3) is 0 Å². The fourth-order valence-electron chi connectivity index (χ4n) is 3.91. The molecule has 2 aromatic rings. The Morgan fingerprint density at radius 1 is 1.22 bits per heavy atom. The molecule has 0 spiro atoms. The lowest BCUT2D eigenvalue weighted by Gasteiger charge is -2.20. The van der Waals surface area contributed by atoms with E-state index in [1.165, 1.54) is 10.9 Å². The van der Waals surface area contributed by atoms with E-state index in [9.17, 15) is 24.4 Å². The number of ether oxygens (including phenoxy) is 6. The average molecular weight is 626 g/mol. The summed E-state index contributed by atoms with van der Waals surface area (Å²) in [6, 6.07) is 0.0102. The zero-order valence-corrected chi connectivity index (χ0v) is 23.6. The second kappa shape index (κ2) is 14.0. The minimum absolute atomic E-state index is 0.0102. The van der Waals surface area contributed by atoms with Crippen molar-refractivity contribution in [2.24, 2.45) is 0 Å². The maximum atomic E-state index is 13.0. The highest BCUT2D eigenvalue weighted by molar-refractivity contribution is 7.53. The molecule has 0 aliphatic carbocycles. The number of aliphatic hydroxyl groups excluding tert-OH is 2. The standard InChI is InChI=1S/C21H29ClN5O13P/c1-11(28)36-8-38-41(32,39-9-37-21(31)33-2)10-35-6-13-15(29)16(30)19(40-13)27-7-23-14-17(24-12-3-4-34-5-12)25-20(22)26-18(14)27/h7,12-13,15-16,19,29-30H,3-6,8-10H2,1-2H3,(H,24,25,26)/t12-,13+,15+,16+,19+,41?/m0/s1. The van der Waals surface area contributed by atoms with Crippen molar-refractivity contribution in [1.29, 1.82) is 0 Å².